The number of nitrogens with zero attached hydrogens (tertiary/aromatic N) is 1. The van der Waals surface area contributed by atoms with Gasteiger partial charge in [0.05, 0.1) is 7.11 Å². The van der Waals surface area contributed by atoms with Crippen molar-refractivity contribution in [2.45, 2.75) is 6.04 Å². The second-order valence-corrected chi connectivity index (χ2v) is 4.15. The number of piperazine rings is 1. The Morgan fingerprint density at radius 1 is 1.33 bits per heavy atom. The lowest BCUT2D eigenvalue weighted by atomic mass is 10.1. The summed E-state index contributed by atoms with van der Waals surface area (Å²) in [5.74, 6) is -0.383. The lowest BCUT2D eigenvalue weighted by molar-refractivity contribution is -0.144. The lowest BCUT2D eigenvalue weighted by Gasteiger charge is -2.32. The molecule has 0 saturated carbocycles. The molecule has 0 unspecified atom stereocenters. The zero-order valence-corrected chi connectivity index (χ0v) is 10.3. The van der Waals surface area contributed by atoms with Crippen molar-refractivity contribution in [3.63, 3.8) is 0 Å². The van der Waals surface area contributed by atoms with E-state index in [9.17, 15) is 9.59 Å². The largest absolute Gasteiger partial charge is 0.468 e. The van der Waals surface area contributed by atoms with Gasteiger partial charge < -0.3 is 15.0 Å². The van der Waals surface area contributed by atoms with E-state index in [0.29, 0.717) is 25.2 Å². The SMILES string of the molecule is COC(=O)[C@@H]1CN(C(=O)c2ccccc2)CCN1. The van der Waals surface area contributed by atoms with Crippen LogP contribution in [0, 0.1) is 0 Å². The van der Waals surface area contributed by atoms with Crippen LogP contribution in [0.2, 0.25) is 0 Å². The van der Waals surface area contributed by atoms with E-state index in [0.717, 1.165) is 0 Å². The third kappa shape index (κ3) is 2.68. The summed E-state index contributed by atoms with van der Waals surface area (Å²) in [6, 6.07) is 8.64. The number of rotatable bonds is 2. The van der Waals surface area contributed by atoms with Gasteiger partial charge in [-0.3, -0.25) is 9.59 Å². The van der Waals surface area contributed by atoms with Crippen molar-refractivity contribution in [1.29, 1.82) is 0 Å². The number of benzene rings is 1. The number of hydrogen-bond acceptors (Lipinski definition) is 4. The highest BCUT2D eigenvalue weighted by atomic mass is 16.5. The Bertz CT molecular complexity index is 433. The lowest BCUT2D eigenvalue weighted by Crippen LogP contribution is -2.56. The number of carbonyl (C=O) groups is 2. The summed E-state index contributed by atoms with van der Waals surface area (Å²) in [5.41, 5.74) is 0.642. The topological polar surface area (TPSA) is 58.6 Å². The van der Waals surface area contributed by atoms with Gasteiger partial charge in [0, 0.05) is 25.2 Å². The number of carbonyl (C=O) groups excluding carboxylic acids is 2. The van der Waals surface area contributed by atoms with Gasteiger partial charge in [-0.1, -0.05) is 18.2 Å². The van der Waals surface area contributed by atoms with Gasteiger partial charge >= 0.3 is 5.97 Å². The highest BCUT2D eigenvalue weighted by molar-refractivity contribution is 5.94. The molecule has 1 N–H and O–H groups in total. The predicted molar refractivity (Wildman–Crippen MR) is 66.2 cm³/mol. The zero-order chi connectivity index (χ0) is 13.0. The van der Waals surface area contributed by atoms with Gasteiger partial charge in [-0.2, -0.15) is 0 Å². The van der Waals surface area contributed by atoms with E-state index in [1.165, 1.54) is 7.11 Å². The van der Waals surface area contributed by atoms with Gasteiger partial charge in [0.25, 0.3) is 5.91 Å². The first kappa shape index (κ1) is 12.6. The summed E-state index contributed by atoms with van der Waals surface area (Å²) in [6.45, 7) is 1.54. The minimum atomic E-state index is -0.434. The van der Waals surface area contributed by atoms with Crippen molar-refractivity contribution in [1.82, 2.24) is 10.2 Å². The number of methoxy groups -OCH3 is 1. The van der Waals surface area contributed by atoms with Crippen molar-refractivity contribution >= 4 is 11.9 Å². The van der Waals surface area contributed by atoms with E-state index in [2.05, 4.69) is 10.1 Å². The van der Waals surface area contributed by atoms with E-state index >= 15 is 0 Å². The van der Waals surface area contributed by atoms with Crippen LogP contribution in [0.25, 0.3) is 0 Å². The Morgan fingerprint density at radius 3 is 2.72 bits per heavy atom. The van der Waals surface area contributed by atoms with Crippen LogP contribution < -0.4 is 5.32 Å². The maximum Gasteiger partial charge on any atom is 0.324 e. The number of nitrogens with one attached hydrogen (secondary N) is 1. The second kappa shape index (κ2) is 5.64. The predicted octanol–water partition coefficient (Wildman–Crippen LogP) is 0.274. The maximum atomic E-state index is 12.2. The molecule has 1 heterocycles. The van der Waals surface area contributed by atoms with Crippen LogP contribution in [0.3, 0.4) is 0 Å². The van der Waals surface area contributed by atoms with Crippen molar-refractivity contribution < 1.29 is 14.3 Å². The fourth-order valence-corrected chi connectivity index (χ4v) is 2.00. The third-order valence-corrected chi connectivity index (χ3v) is 2.97. The summed E-state index contributed by atoms with van der Waals surface area (Å²) >= 11 is 0. The van der Waals surface area contributed by atoms with E-state index in [-0.39, 0.29) is 11.9 Å². The molecule has 96 valence electrons. The van der Waals surface area contributed by atoms with Crippen LogP contribution in [-0.2, 0) is 9.53 Å². The quantitative estimate of drug-likeness (QED) is 0.763. The molecule has 1 aliphatic heterocycles. The summed E-state index contributed by atoms with van der Waals surface area (Å²) in [6.07, 6.45) is 0. The summed E-state index contributed by atoms with van der Waals surface area (Å²) in [4.78, 5) is 25.3. The minimum Gasteiger partial charge on any atom is -0.468 e. The maximum absolute atomic E-state index is 12.2. The fraction of sp³-hybridized carbons (Fsp3) is 0.385. The Balaban J connectivity index is 2.05. The molecule has 0 aliphatic carbocycles. The first-order valence-corrected chi connectivity index (χ1v) is 5.88. The van der Waals surface area contributed by atoms with Crippen molar-refractivity contribution in [2.75, 3.05) is 26.7 Å². The van der Waals surface area contributed by atoms with Gasteiger partial charge in [-0.15, -0.1) is 0 Å². The number of hydrogen-bond donors (Lipinski definition) is 1. The van der Waals surface area contributed by atoms with Gasteiger partial charge in [0.15, 0.2) is 0 Å². The zero-order valence-electron chi connectivity index (χ0n) is 10.3. The fourth-order valence-electron chi connectivity index (χ4n) is 2.00. The van der Waals surface area contributed by atoms with Gasteiger partial charge in [0.1, 0.15) is 6.04 Å². The number of ether oxygens (including phenoxy) is 1. The highest BCUT2D eigenvalue weighted by Gasteiger charge is 2.28. The van der Waals surface area contributed by atoms with Crippen LogP contribution in [0.4, 0.5) is 0 Å². The van der Waals surface area contributed by atoms with Crippen LogP contribution in [0.1, 0.15) is 10.4 Å². The average Bonchev–Trinajstić information content (AvgIpc) is 2.46. The van der Waals surface area contributed by atoms with Gasteiger partial charge in [0.2, 0.25) is 0 Å². The van der Waals surface area contributed by atoms with E-state index < -0.39 is 6.04 Å². The Labute approximate surface area is 106 Å². The molecule has 1 saturated heterocycles. The molecule has 1 amide bonds. The van der Waals surface area contributed by atoms with Crippen molar-refractivity contribution in [2.24, 2.45) is 0 Å². The average molecular weight is 248 g/mol. The molecule has 0 aromatic heterocycles. The van der Waals surface area contributed by atoms with E-state index in [4.69, 9.17) is 0 Å². The minimum absolute atomic E-state index is 0.0500. The molecule has 0 bridgehead atoms. The molecular weight excluding hydrogens is 232 g/mol. The second-order valence-electron chi connectivity index (χ2n) is 4.15. The molecule has 1 aromatic rings. The Hall–Kier alpha value is -1.88. The van der Waals surface area contributed by atoms with Crippen LogP contribution in [0.15, 0.2) is 30.3 Å². The standard InChI is InChI=1S/C13H16N2O3/c1-18-13(17)11-9-15(8-7-14-11)12(16)10-5-3-2-4-6-10/h2-6,11,14H,7-9H2,1H3/t11-/m0/s1. The molecule has 1 fully saturated rings. The molecule has 1 aliphatic rings. The highest BCUT2D eigenvalue weighted by Crippen LogP contribution is 2.08. The Morgan fingerprint density at radius 2 is 2.06 bits per heavy atom. The molecule has 1 atom stereocenters. The van der Waals surface area contributed by atoms with E-state index in [1.54, 1.807) is 17.0 Å². The normalized spacial score (nSPS) is 19.4. The summed E-state index contributed by atoms with van der Waals surface area (Å²) in [5, 5.41) is 3.04. The van der Waals surface area contributed by atoms with Crippen LogP contribution >= 0.6 is 0 Å². The molecular formula is C13H16N2O3. The van der Waals surface area contributed by atoms with Crippen molar-refractivity contribution in [3.05, 3.63) is 35.9 Å². The first-order valence-electron chi connectivity index (χ1n) is 5.88. The molecule has 0 spiro atoms. The molecule has 0 radical (unpaired) electrons. The smallest absolute Gasteiger partial charge is 0.324 e. The van der Waals surface area contributed by atoms with Crippen LogP contribution in [0.5, 0.6) is 0 Å². The monoisotopic (exact) mass is 248 g/mol. The number of esters is 1. The molecule has 5 nitrogen and oxygen atoms in total. The summed E-state index contributed by atoms with van der Waals surface area (Å²) < 4.78 is 4.68. The number of amides is 1. The van der Waals surface area contributed by atoms with Gasteiger partial charge in [-0.05, 0) is 12.1 Å². The Kier molecular flexibility index (Phi) is 3.94. The molecule has 18 heavy (non-hydrogen) atoms. The van der Waals surface area contributed by atoms with Crippen LogP contribution in [-0.4, -0.2) is 49.6 Å². The molecule has 2 rings (SSSR count). The summed E-state index contributed by atoms with van der Waals surface area (Å²) in [7, 11) is 1.35. The third-order valence-electron chi connectivity index (χ3n) is 2.97. The van der Waals surface area contributed by atoms with E-state index in [1.807, 2.05) is 18.2 Å². The molecule has 1 aromatic carbocycles. The molecule has 5 heteroatoms. The first-order chi connectivity index (χ1) is 8.72. The van der Waals surface area contributed by atoms with Gasteiger partial charge in [-0.25, -0.2) is 0 Å². The van der Waals surface area contributed by atoms with Crippen molar-refractivity contribution in [3.8, 4) is 0 Å².